The quantitative estimate of drug-likeness (QED) is 0.730. The topological polar surface area (TPSA) is 55.4 Å². The van der Waals surface area contributed by atoms with E-state index in [1.807, 2.05) is 6.92 Å². The first kappa shape index (κ1) is 10.9. The zero-order valence-corrected chi connectivity index (χ0v) is 8.93. The van der Waals surface area contributed by atoms with Crippen molar-refractivity contribution < 1.29 is 13.2 Å². The summed E-state index contributed by atoms with van der Waals surface area (Å²) in [5, 5.41) is 0. The van der Waals surface area contributed by atoms with Gasteiger partial charge in [-0.05, 0) is 26.7 Å². The fourth-order valence-electron chi connectivity index (χ4n) is 1.44. The Kier molecular flexibility index (Phi) is 3.70. The smallest absolute Gasteiger partial charge is 0.211 e. The highest BCUT2D eigenvalue weighted by atomic mass is 32.2. The maximum Gasteiger partial charge on any atom is 0.211 e. The Morgan fingerprint density at radius 1 is 1.62 bits per heavy atom. The number of hydrogen-bond donors (Lipinski definition) is 1. The Hall–Kier alpha value is -0.130. The molecule has 1 saturated heterocycles. The van der Waals surface area contributed by atoms with Gasteiger partial charge in [-0.25, -0.2) is 13.1 Å². The Bertz CT molecular complexity index is 244. The first-order valence-corrected chi connectivity index (χ1v) is 6.32. The van der Waals surface area contributed by atoms with Gasteiger partial charge in [-0.15, -0.1) is 0 Å². The summed E-state index contributed by atoms with van der Waals surface area (Å²) in [6, 6.07) is -0.104. The van der Waals surface area contributed by atoms with Gasteiger partial charge in [-0.2, -0.15) is 0 Å². The number of hydrogen-bond acceptors (Lipinski definition) is 3. The Morgan fingerprint density at radius 2 is 2.31 bits per heavy atom. The standard InChI is InChI=1S/C8H17NO3S/c1-3-13(10,11)9-7(2)8-5-4-6-12-8/h7-9H,3-6H2,1-2H3/t7-,8+/m1/s1. The number of rotatable bonds is 4. The van der Waals surface area contributed by atoms with E-state index >= 15 is 0 Å². The van der Waals surface area contributed by atoms with E-state index in [9.17, 15) is 8.42 Å². The average molecular weight is 207 g/mol. The van der Waals surface area contributed by atoms with E-state index in [1.54, 1.807) is 6.92 Å². The molecule has 0 aromatic rings. The predicted octanol–water partition coefficient (Wildman–Crippen LogP) is 0.493. The number of ether oxygens (including phenoxy) is 1. The van der Waals surface area contributed by atoms with E-state index in [4.69, 9.17) is 4.74 Å². The van der Waals surface area contributed by atoms with Crippen molar-refractivity contribution in [3.8, 4) is 0 Å². The minimum atomic E-state index is -3.09. The van der Waals surface area contributed by atoms with E-state index in [2.05, 4.69) is 4.72 Å². The summed E-state index contributed by atoms with van der Waals surface area (Å²) in [4.78, 5) is 0. The van der Waals surface area contributed by atoms with Crippen LogP contribution in [0.1, 0.15) is 26.7 Å². The van der Waals surface area contributed by atoms with Gasteiger partial charge in [-0.3, -0.25) is 0 Å². The molecule has 13 heavy (non-hydrogen) atoms. The van der Waals surface area contributed by atoms with Crippen LogP contribution in [0, 0.1) is 0 Å². The monoisotopic (exact) mass is 207 g/mol. The molecule has 1 fully saturated rings. The molecule has 1 N–H and O–H groups in total. The highest BCUT2D eigenvalue weighted by Crippen LogP contribution is 2.15. The van der Waals surface area contributed by atoms with Crippen LogP contribution in [0.5, 0.6) is 0 Å². The fraction of sp³-hybridized carbons (Fsp3) is 1.00. The van der Waals surface area contributed by atoms with Gasteiger partial charge in [-0.1, -0.05) is 0 Å². The molecule has 4 nitrogen and oxygen atoms in total. The second-order valence-electron chi connectivity index (χ2n) is 3.36. The molecule has 0 saturated carbocycles. The van der Waals surface area contributed by atoms with E-state index in [0.29, 0.717) is 0 Å². The molecule has 78 valence electrons. The second kappa shape index (κ2) is 4.39. The largest absolute Gasteiger partial charge is 0.377 e. The minimum absolute atomic E-state index is 0.0568. The van der Waals surface area contributed by atoms with E-state index < -0.39 is 10.0 Å². The van der Waals surface area contributed by atoms with Gasteiger partial charge < -0.3 is 4.74 Å². The third kappa shape index (κ3) is 3.25. The van der Waals surface area contributed by atoms with Crippen molar-refractivity contribution in [1.29, 1.82) is 0 Å². The third-order valence-electron chi connectivity index (χ3n) is 2.27. The van der Waals surface area contributed by atoms with Gasteiger partial charge in [0.25, 0.3) is 0 Å². The third-order valence-corrected chi connectivity index (χ3v) is 3.76. The molecule has 0 spiro atoms. The summed E-state index contributed by atoms with van der Waals surface area (Å²) in [6.45, 7) is 4.23. The summed E-state index contributed by atoms with van der Waals surface area (Å²) >= 11 is 0. The first-order valence-electron chi connectivity index (χ1n) is 4.67. The molecule has 1 aliphatic heterocycles. The van der Waals surface area contributed by atoms with Crippen LogP contribution in [0.15, 0.2) is 0 Å². The van der Waals surface area contributed by atoms with Crippen LogP contribution in [0.3, 0.4) is 0 Å². The second-order valence-corrected chi connectivity index (χ2v) is 5.40. The lowest BCUT2D eigenvalue weighted by Gasteiger charge is -2.19. The molecule has 1 aliphatic rings. The number of sulfonamides is 1. The van der Waals surface area contributed by atoms with E-state index in [1.165, 1.54) is 0 Å². The fourth-order valence-corrected chi connectivity index (χ4v) is 2.32. The normalized spacial score (nSPS) is 26.2. The summed E-state index contributed by atoms with van der Waals surface area (Å²) in [6.07, 6.45) is 2.04. The Balaban J connectivity index is 2.44. The molecule has 2 atom stereocenters. The van der Waals surface area contributed by atoms with Gasteiger partial charge in [0.1, 0.15) is 0 Å². The lowest BCUT2D eigenvalue weighted by molar-refractivity contribution is 0.0902. The van der Waals surface area contributed by atoms with Crippen molar-refractivity contribution in [3.05, 3.63) is 0 Å². The zero-order chi connectivity index (χ0) is 9.90. The zero-order valence-electron chi connectivity index (χ0n) is 8.12. The summed E-state index contributed by atoms with van der Waals surface area (Å²) < 4.78 is 30.4. The molecule has 5 heteroatoms. The molecule has 1 heterocycles. The maximum absolute atomic E-state index is 11.2. The van der Waals surface area contributed by atoms with Gasteiger partial charge in [0.05, 0.1) is 11.9 Å². The van der Waals surface area contributed by atoms with Gasteiger partial charge in [0.2, 0.25) is 10.0 Å². The molecule has 0 amide bonds. The van der Waals surface area contributed by atoms with Crippen LogP contribution >= 0.6 is 0 Å². The highest BCUT2D eigenvalue weighted by Gasteiger charge is 2.25. The van der Waals surface area contributed by atoms with Crippen LogP contribution in [-0.2, 0) is 14.8 Å². The summed E-state index contributed by atoms with van der Waals surface area (Å²) in [7, 11) is -3.09. The maximum atomic E-state index is 11.2. The summed E-state index contributed by atoms with van der Waals surface area (Å²) in [5.41, 5.74) is 0. The molecule has 0 aromatic carbocycles. The lowest BCUT2D eigenvalue weighted by atomic mass is 10.1. The van der Waals surface area contributed by atoms with Crippen molar-refractivity contribution in [1.82, 2.24) is 4.72 Å². The van der Waals surface area contributed by atoms with Gasteiger partial charge in [0.15, 0.2) is 0 Å². The van der Waals surface area contributed by atoms with Crippen molar-refractivity contribution in [2.75, 3.05) is 12.4 Å². The van der Waals surface area contributed by atoms with Crippen LogP contribution in [0.25, 0.3) is 0 Å². The first-order chi connectivity index (χ1) is 6.05. The van der Waals surface area contributed by atoms with Crippen molar-refractivity contribution >= 4 is 10.0 Å². The number of nitrogens with one attached hydrogen (secondary N) is 1. The van der Waals surface area contributed by atoms with E-state index in [0.717, 1.165) is 19.4 Å². The molecule has 0 radical (unpaired) electrons. The predicted molar refractivity (Wildman–Crippen MR) is 51.0 cm³/mol. The van der Waals surface area contributed by atoms with Gasteiger partial charge in [0, 0.05) is 12.6 Å². The van der Waals surface area contributed by atoms with Crippen molar-refractivity contribution in [3.63, 3.8) is 0 Å². The highest BCUT2D eigenvalue weighted by molar-refractivity contribution is 7.89. The van der Waals surface area contributed by atoms with Crippen molar-refractivity contribution in [2.45, 2.75) is 38.8 Å². The van der Waals surface area contributed by atoms with E-state index in [-0.39, 0.29) is 17.9 Å². The van der Waals surface area contributed by atoms with Crippen LogP contribution < -0.4 is 4.72 Å². The minimum Gasteiger partial charge on any atom is -0.377 e. The van der Waals surface area contributed by atoms with Crippen molar-refractivity contribution in [2.24, 2.45) is 0 Å². The molecular formula is C8H17NO3S. The molecule has 1 rings (SSSR count). The molecule has 0 bridgehead atoms. The SMILES string of the molecule is CCS(=O)(=O)N[C@H](C)[C@@H]1CCCO1. The van der Waals surface area contributed by atoms with Gasteiger partial charge >= 0.3 is 0 Å². The van der Waals surface area contributed by atoms with Crippen LogP contribution in [-0.4, -0.2) is 32.9 Å². The molecule has 0 unspecified atom stereocenters. The lowest BCUT2D eigenvalue weighted by Crippen LogP contribution is -2.41. The molecule has 0 aromatic heterocycles. The molecular weight excluding hydrogens is 190 g/mol. The van der Waals surface area contributed by atoms with Crippen LogP contribution in [0.4, 0.5) is 0 Å². The average Bonchev–Trinajstić information content (AvgIpc) is 2.55. The summed E-state index contributed by atoms with van der Waals surface area (Å²) in [5.74, 6) is 0.129. The van der Waals surface area contributed by atoms with Crippen LogP contribution in [0.2, 0.25) is 0 Å². The Morgan fingerprint density at radius 3 is 2.77 bits per heavy atom. The Labute approximate surface area is 79.7 Å². The molecule has 0 aliphatic carbocycles.